The Morgan fingerprint density at radius 3 is 2.63 bits per heavy atom. The number of nitrogens with zero attached hydrogens (tertiary/aromatic N) is 1. The van der Waals surface area contributed by atoms with Gasteiger partial charge in [0.2, 0.25) is 5.91 Å². The van der Waals surface area contributed by atoms with Gasteiger partial charge in [0.05, 0.1) is 10.7 Å². The van der Waals surface area contributed by atoms with E-state index in [1.807, 2.05) is 0 Å². The molecule has 0 saturated carbocycles. The summed E-state index contributed by atoms with van der Waals surface area (Å²) in [5.41, 5.74) is 1.32. The second-order valence-electron chi connectivity index (χ2n) is 7.90. The van der Waals surface area contributed by atoms with Gasteiger partial charge in [0, 0.05) is 12.1 Å². The number of anilines is 1. The highest BCUT2D eigenvalue weighted by Crippen LogP contribution is 2.34. The molecule has 0 aliphatic carbocycles. The first-order valence-corrected chi connectivity index (χ1v) is 11.2. The maximum Gasteiger partial charge on any atom is 0.265 e. The molecule has 35 heavy (non-hydrogen) atoms. The van der Waals surface area contributed by atoms with Gasteiger partial charge in [0.15, 0.2) is 19.0 Å². The molecule has 0 radical (unpaired) electrons. The lowest BCUT2D eigenvalue weighted by Crippen LogP contribution is -2.51. The van der Waals surface area contributed by atoms with Crippen LogP contribution in [0, 0.1) is 5.82 Å². The van der Waals surface area contributed by atoms with Crippen molar-refractivity contribution < 1.29 is 28.2 Å². The zero-order valence-electron chi connectivity index (χ0n) is 18.8. The van der Waals surface area contributed by atoms with Crippen LogP contribution in [-0.2, 0) is 16.1 Å². The van der Waals surface area contributed by atoms with Crippen molar-refractivity contribution in [3.63, 3.8) is 0 Å². The summed E-state index contributed by atoms with van der Waals surface area (Å²) in [5, 5.41) is 3.14. The predicted molar refractivity (Wildman–Crippen MR) is 128 cm³/mol. The third-order valence-electron chi connectivity index (χ3n) is 5.50. The van der Waals surface area contributed by atoms with E-state index in [0.717, 1.165) is 0 Å². The molecule has 1 aliphatic rings. The minimum Gasteiger partial charge on any atom is -0.484 e. The van der Waals surface area contributed by atoms with Crippen molar-refractivity contribution in [1.82, 2.24) is 5.32 Å². The van der Waals surface area contributed by atoms with Crippen LogP contribution in [0.5, 0.6) is 11.5 Å². The van der Waals surface area contributed by atoms with E-state index in [9.17, 15) is 18.8 Å². The number of para-hydroxylation sites is 1. The Hall–Kier alpha value is -3.91. The Labute approximate surface area is 206 Å². The van der Waals surface area contributed by atoms with Crippen molar-refractivity contribution in [1.29, 1.82) is 0 Å². The lowest BCUT2D eigenvalue weighted by molar-refractivity contribution is -0.127. The molecule has 1 aliphatic heterocycles. The van der Waals surface area contributed by atoms with Gasteiger partial charge in [-0.2, -0.15) is 0 Å². The normalized spacial score (nSPS) is 13.5. The predicted octanol–water partition coefficient (Wildman–Crippen LogP) is 4.17. The van der Waals surface area contributed by atoms with Crippen LogP contribution in [0.25, 0.3) is 0 Å². The highest BCUT2D eigenvalue weighted by Gasteiger charge is 2.33. The van der Waals surface area contributed by atoms with E-state index in [-0.39, 0.29) is 36.9 Å². The van der Waals surface area contributed by atoms with Gasteiger partial charge in [-0.3, -0.25) is 19.3 Å². The summed E-state index contributed by atoms with van der Waals surface area (Å²) in [6.45, 7) is 1.27. The van der Waals surface area contributed by atoms with Crippen molar-refractivity contribution in [2.75, 3.05) is 18.1 Å². The van der Waals surface area contributed by atoms with Crippen LogP contribution in [0.15, 0.2) is 66.7 Å². The molecule has 0 saturated heterocycles. The molecule has 7 nitrogen and oxygen atoms in total. The van der Waals surface area contributed by atoms with Crippen LogP contribution < -0.4 is 19.7 Å². The second kappa shape index (κ2) is 10.6. The Morgan fingerprint density at radius 2 is 1.89 bits per heavy atom. The molecule has 4 rings (SSSR count). The monoisotopic (exact) mass is 496 g/mol. The molecule has 9 heteroatoms. The van der Waals surface area contributed by atoms with Gasteiger partial charge in [-0.15, -0.1) is 0 Å². The minimum absolute atomic E-state index is 0.173. The van der Waals surface area contributed by atoms with Gasteiger partial charge in [-0.1, -0.05) is 35.9 Å². The summed E-state index contributed by atoms with van der Waals surface area (Å²) >= 11 is 6.07. The van der Waals surface area contributed by atoms with E-state index in [2.05, 4.69) is 5.32 Å². The average molecular weight is 497 g/mol. The number of nitrogens with one attached hydrogen (secondary N) is 1. The molecule has 1 unspecified atom stereocenters. The maximum absolute atomic E-state index is 13.1. The second-order valence-corrected chi connectivity index (χ2v) is 8.30. The molecule has 2 amide bonds. The first kappa shape index (κ1) is 24.2. The summed E-state index contributed by atoms with van der Waals surface area (Å²) in [6, 6.07) is 16.3. The number of fused-ring (bicyclic) bond motifs is 1. The first-order chi connectivity index (χ1) is 16.8. The molecule has 0 spiro atoms. The number of carbonyl (C=O) groups excluding carboxylic acids is 3. The highest BCUT2D eigenvalue weighted by atomic mass is 35.5. The molecular formula is C26H22ClFN2O5. The smallest absolute Gasteiger partial charge is 0.265 e. The number of amides is 2. The Kier molecular flexibility index (Phi) is 7.31. The van der Waals surface area contributed by atoms with Crippen LogP contribution in [0.2, 0.25) is 5.02 Å². The largest absolute Gasteiger partial charge is 0.484 e. The summed E-state index contributed by atoms with van der Waals surface area (Å²) in [6.07, 6.45) is 0. The van der Waals surface area contributed by atoms with Crippen LogP contribution in [0.1, 0.15) is 22.8 Å². The number of halogens is 2. The van der Waals surface area contributed by atoms with Gasteiger partial charge in [0.25, 0.3) is 5.91 Å². The fourth-order valence-corrected chi connectivity index (χ4v) is 3.80. The average Bonchev–Trinajstić information content (AvgIpc) is 2.86. The molecule has 1 heterocycles. The lowest BCUT2D eigenvalue weighted by atomic mass is 10.1. The zero-order valence-corrected chi connectivity index (χ0v) is 19.5. The number of Topliss-reactive ketones (excluding diaryl/α,β-unsaturated/α-hetero) is 1. The van der Waals surface area contributed by atoms with E-state index in [4.69, 9.17) is 21.1 Å². The van der Waals surface area contributed by atoms with Crippen LogP contribution in [-0.4, -0.2) is 36.9 Å². The quantitative estimate of drug-likeness (QED) is 0.473. The molecule has 3 aromatic carbocycles. The Bertz CT molecular complexity index is 1260. The van der Waals surface area contributed by atoms with Crippen molar-refractivity contribution in [3.8, 4) is 11.5 Å². The highest BCUT2D eigenvalue weighted by molar-refractivity contribution is 6.32. The van der Waals surface area contributed by atoms with Crippen LogP contribution in [0.3, 0.4) is 0 Å². The van der Waals surface area contributed by atoms with E-state index in [0.29, 0.717) is 27.8 Å². The zero-order chi connectivity index (χ0) is 24.9. The van der Waals surface area contributed by atoms with Gasteiger partial charge < -0.3 is 14.8 Å². The molecule has 180 valence electrons. The molecule has 1 N–H and O–H groups in total. The number of carbonyl (C=O) groups is 3. The molecule has 0 aromatic heterocycles. The molecule has 3 aromatic rings. The number of hydrogen-bond donors (Lipinski definition) is 1. The Balaban J connectivity index is 1.48. The standard InChI is InChI=1S/C26H22ClFN2O5/c1-16(26(33)29-13-17-6-9-19(28)10-7-17)30-21-12-18(8-11-24(21)35-15-25(30)32)22(31)14-34-23-5-3-2-4-20(23)27/h2-12,16H,13-15H2,1H3,(H,29,33). The van der Waals surface area contributed by atoms with E-state index in [1.54, 1.807) is 55.5 Å². The van der Waals surface area contributed by atoms with E-state index >= 15 is 0 Å². The molecule has 1 atom stereocenters. The lowest BCUT2D eigenvalue weighted by Gasteiger charge is -2.33. The van der Waals surface area contributed by atoms with Crippen LogP contribution in [0.4, 0.5) is 10.1 Å². The first-order valence-electron chi connectivity index (χ1n) is 10.8. The number of benzene rings is 3. The van der Waals surface area contributed by atoms with Gasteiger partial charge >= 0.3 is 0 Å². The molecule has 0 fully saturated rings. The summed E-state index contributed by atoms with van der Waals surface area (Å²) in [4.78, 5) is 39.6. The number of rotatable bonds is 8. The molecular weight excluding hydrogens is 475 g/mol. The van der Waals surface area contributed by atoms with E-state index in [1.165, 1.54) is 23.1 Å². The van der Waals surface area contributed by atoms with E-state index < -0.39 is 17.9 Å². The maximum atomic E-state index is 13.1. The van der Waals surface area contributed by atoms with Crippen molar-refractivity contribution >= 4 is 34.9 Å². The van der Waals surface area contributed by atoms with Gasteiger partial charge in [-0.05, 0) is 55.0 Å². The third kappa shape index (κ3) is 5.60. The summed E-state index contributed by atoms with van der Waals surface area (Å²) in [7, 11) is 0. The Morgan fingerprint density at radius 1 is 1.14 bits per heavy atom. The number of hydrogen-bond acceptors (Lipinski definition) is 5. The summed E-state index contributed by atoms with van der Waals surface area (Å²) < 4.78 is 24.1. The fourth-order valence-electron chi connectivity index (χ4n) is 3.61. The molecule has 0 bridgehead atoms. The topological polar surface area (TPSA) is 84.9 Å². The fraction of sp³-hybridized carbons (Fsp3) is 0.192. The SMILES string of the molecule is CC(C(=O)NCc1ccc(F)cc1)N1C(=O)COc2ccc(C(=O)COc3ccccc3Cl)cc21. The number of ether oxygens (including phenoxy) is 2. The van der Waals surface area contributed by atoms with Crippen molar-refractivity contribution in [2.24, 2.45) is 0 Å². The van der Waals surface area contributed by atoms with Gasteiger partial charge in [0.1, 0.15) is 23.4 Å². The van der Waals surface area contributed by atoms with Gasteiger partial charge in [-0.25, -0.2) is 4.39 Å². The van der Waals surface area contributed by atoms with Crippen LogP contribution >= 0.6 is 11.6 Å². The number of ketones is 1. The minimum atomic E-state index is -0.879. The van der Waals surface area contributed by atoms with Crippen molar-refractivity contribution in [3.05, 3.63) is 88.7 Å². The third-order valence-corrected chi connectivity index (χ3v) is 5.81. The van der Waals surface area contributed by atoms with Crippen molar-refractivity contribution in [2.45, 2.75) is 19.5 Å². The summed E-state index contributed by atoms with van der Waals surface area (Å²) in [5.74, 6) is -0.766.